The van der Waals surface area contributed by atoms with Crippen molar-refractivity contribution in [3.8, 4) is 0 Å². The average molecular weight is 123 g/mol. The van der Waals surface area contributed by atoms with E-state index in [9.17, 15) is 0 Å². The van der Waals surface area contributed by atoms with Gasteiger partial charge in [-0.15, -0.1) is 0 Å². The monoisotopic (exact) mass is 123 g/mol. The highest BCUT2D eigenvalue weighted by atomic mass is 15.1. The van der Waals surface area contributed by atoms with Crippen molar-refractivity contribution >= 4 is 0 Å². The largest absolute Gasteiger partial charge is 0.311 e. The zero-order chi connectivity index (χ0) is 5.95. The molecular formula is C8H13N. The van der Waals surface area contributed by atoms with Gasteiger partial charge in [0.15, 0.2) is 0 Å². The molecule has 3 rings (SSSR count). The van der Waals surface area contributed by atoms with E-state index in [0.29, 0.717) is 5.54 Å². The van der Waals surface area contributed by atoms with Crippen LogP contribution < -0.4 is 5.32 Å². The van der Waals surface area contributed by atoms with Gasteiger partial charge in [0.2, 0.25) is 0 Å². The third-order valence-electron chi connectivity index (χ3n) is 3.91. The third-order valence-corrected chi connectivity index (χ3v) is 3.91. The first kappa shape index (κ1) is 4.73. The van der Waals surface area contributed by atoms with Gasteiger partial charge in [0, 0.05) is 5.54 Å². The van der Waals surface area contributed by atoms with Crippen molar-refractivity contribution in [2.45, 2.75) is 37.6 Å². The second-order valence-corrected chi connectivity index (χ2v) is 4.04. The van der Waals surface area contributed by atoms with E-state index in [1.54, 1.807) is 0 Å². The highest BCUT2D eigenvalue weighted by Gasteiger charge is 2.67. The van der Waals surface area contributed by atoms with E-state index < -0.39 is 0 Å². The smallest absolute Gasteiger partial charge is 0.0250 e. The van der Waals surface area contributed by atoms with Gasteiger partial charge in [-0.05, 0) is 44.1 Å². The molecule has 1 heterocycles. The number of nitrogens with one attached hydrogen (secondary N) is 1. The molecule has 1 nitrogen and oxygen atoms in total. The average Bonchev–Trinajstić information content (AvgIpc) is 2.34. The summed E-state index contributed by atoms with van der Waals surface area (Å²) < 4.78 is 0. The lowest BCUT2D eigenvalue weighted by Gasteiger charge is -2.58. The van der Waals surface area contributed by atoms with Crippen molar-refractivity contribution in [1.29, 1.82) is 0 Å². The summed E-state index contributed by atoms with van der Waals surface area (Å²) in [5.74, 6) is 0. The quantitative estimate of drug-likeness (QED) is 0.512. The molecule has 0 aromatic rings. The summed E-state index contributed by atoms with van der Waals surface area (Å²) in [5, 5.41) is 3.61. The first-order valence-electron chi connectivity index (χ1n) is 4.12. The van der Waals surface area contributed by atoms with Crippen LogP contribution in [0, 0.1) is 5.41 Å². The maximum Gasteiger partial charge on any atom is 0.0250 e. The maximum absolute atomic E-state index is 3.61. The molecule has 2 spiro atoms. The lowest BCUT2D eigenvalue weighted by atomic mass is 9.58. The Morgan fingerprint density at radius 1 is 0.889 bits per heavy atom. The Hall–Kier alpha value is -0.0400. The van der Waals surface area contributed by atoms with Crippen molar-refractivity contribution in [3.63, 3.8) is 0 Å². The molecule has 3 aliphatic rings. The number of hydrogen-bond donors (Lipinski definition) is 1. The minimum Gasteiger partial charge on any atom is -0.311 e. The Kier molecular flexibility index (Phi) is 0.563. The molecule has 3 fully saturated rings. The number of hydrogen-bond acceptors (Lipinski definition) is 1. The van der Waals surface area contributed by atoms with E-state index in [2.05, 4.69) is 5.32 Å². The Morgan fingerprint density at radius 2 is 1.56 bits per heavy atom. The maximum atomic E-state index is 3.61. The molecule has 0 aromatic heterocycles. The summed E-state index contributed by atoms with van der Waals surface area (Å²) in [4.78, 5) is 0. The van der Waals surface area contributed by atoms with Crippen LogP contribution in [0.5, 0.6) is 0 Å². The summed E-state index contributed by atoms with van der Waals surface area (Å²) in [6.07, 6.45) is 7.54. The van der Waals surface area contributed by atoms with Crippen molar-refractivity contribution in [3.05, 3.63) is 0 Å². The predicted octanol–water partition coefficient (Wildman–Crippen LogP) is 1.29. The standard InChI is InChI=1S/C8H13N/c1-2-7(1)3-4-8(7)5-6-9-8/h9H,1-6H2. The lowest BCUT2D eigenvalue weighted by molar-refractivity contribution is -0.00280. The SMILES string of the molecule is C1CC2(CCC23CC3)N1. The lowest BCUT2D eigenvalue weighted by Crippen LogP contribution is -2.68. The van der Waals surface area contributed by atoms with E-state index in [4.69, 9.17) is 0 Å². The molecule has 1 N–H and O–H groups in total. The van der Waals surface area contributed by atoms with Crippen LogP contribution in [0.25, 0.3) is 0 Å². The van der Waals surface area contributed by atoms with E-state index in [1.165, 1.54) is 38.6 Å². The molecule has 2 aliphatic carbocycles. The van der Waals surface area contributed by atoms with Gasteiger partial charge >= 0.3 is 0 Å². The highest BCUT2D eigenvalue weighted by molar-refractivity contribution is 5.23. The van der Waals surface area contributed by atoms with Gasteiger partial charge < -0.3 is 5.32 Å². The first-order valence-corrected chi connectivity index (χ1v) is 4.12. The fraction of sp³-hybridized carbons (Fsp3) is 1.00. The molecule has 0 bridgehead atoms. The highest BCUT2D eigenvalue weighted by Crippen LogP contribution is 2.69. The minimum atomic E-state index is 0.701. The minimum absolute atomic E-state index is 0.701. The normalized spacial score (nSPS) is 50.7. The third kappa shape index (κ3) is 0.337. The zero-order valence-corrected chi connectivity index (χ0v) is 5.74. The van der Waals surface area contributed by atoms with E-state index in [1.807, 2.05) is 0 Å². The summed E-state index contributed by atoms with van der Waals surface area (Å²) in [6.45, 7) is 1.29. The number of fused-ring (bicyclic) bond motifs is 1. The molecule has 1 saturated heterocycles. The van der Waals surface area contributed by atoms with Gasteiger partial charge in [0.05, 0.1) is 0 Å². The van der Waals surface area contributed by atoms with Gasteiger partial charge in [0.1, 0.15) is 0 Å². The Bertz CT molecular complexity index is 148. The van der Waals surface area contributed by atoms with E-state index >= 15 is 0 Å². The molecular weight excluding hydrogens is 110 g/mol. The summed E-state index contributed by atoms with van der Waals surface area (Å²) in [5.41, 5.74) is 1.55. The molecule has 2 saturated carbocycles. The van der Waals surface area contributed by atoms with Gasteiger partial charge in [-0.25, -0.2) is 0 Å². The first-order chi connectivity index (χ1) is 4.37. The van der Waals surface area contributed by atoms with E-state index in [0.717, 1.165) is 5.41 Å². The topological polar surface area (TPSA) is 12.0 Å². The van der Waals surface area contributed by atoms with Crippen molar-refractivity contribution in [2.24, 2.45) is 5.41 Å². The molecule has 9 heavy (non-hydrogen) atoms. The van der Waals surface area contributed by atoms with Crippen LogP contribution in [0.3, 0.4) is 0 Å². The second-order valence-electron chi connectivity index (χ2n) is 4.04. The summed E-state index contributed by atoms with van der Waals surface area (Å²) in [6, 6.07) is 0. The van der Waals surface area contributed by atoms with Crippen LogP contribution in [0.4, 0.5) is 0 Å². The Morgan fingerprint density at radius 3 is 1.67 bits per heavy atom. The number of rotatable bonds is 0. The van der Waals surface area contributed by atoms with Crippen LogP contribution in [0.1, 0.15) is 32.1 Å². The van der Waals surface area contributed by atoms with Gasteiger partial charge in [0.25, 0.3) is 0 Å². The molecule has 1 heteroatoms. The zero-order valence-electron chi connectivity index (χ0n) is 5.74. The van der Waals surface area contributed by atoms with Crippen LogP contribution in [-0.2, 0) is 0 Å². The van der Waals surface area contributed by atoms with Crippen LogP contribution in [-0.4, -0.2) is 12.1 Å². The fourth-order valence-electron chi connectivity index (χ4n) is 2.75. The molecule has 1 atom stereocenters. The molecule has 0 aromatic carbocycles. The molecule has 1 aliphatic heterocycles. The van der Waals surface area contributed by atoms with Crippen LogP contribution >= 0.6 is 0 Å². The summed E-state index contributed by atoms with van der Waals surface area (Å²) in [7, 11) is 0. The Balaban J connectivity index is 1.91. The second kappa shape index (κ2) is 1.07. The van der Waals surface area contributed by atoms with Gasteiger partial charge in [-0.1, -0.05) is 0 Å². The van der Waals surface area contributed by atoms with Crippen molar-refractivity contribution < 1.29 is 0 Å². The molecule has 50 valence electrons. The van der Waals surface area contributed by atoms with Crippen LogP contribution in [0.15, 0.2) is 0 Å². The Labute approximate surface area is 55.8 Å². The van der Waals surface area contributed by atoms with E-state index in [-0.39, 0.29) is 0 Å². The van der Waals surface area contributed by atoms with Gasteiger partial charge in [-0.2, -0.15) is 0 Å². The van der Waals surface area contributed by atoms with Crippen molar-refractivity contribution in [1.82, 2.24) is 5.32 Å². The molecule has 0 radical (unpaired) electrons. The summed E-state index contributed by atoms with van der Waals surface area (Å²) >= 11 is 0. The van der Waals surface area contributed by atoms with Crippen molar-refractivity contribution in [2.75, 3.05) is 6.54 Å². The van der Waals surface area contributed by atoms with Gasteiger partial charge in [-0.3, -0.25) is 0 Å². The van der Waals surface area contributed by atoms with Crippen LogP contribution in [0.2, 0.25) is 0 Å². The predicted molar refractivity (Wildman–Crippen MR) is 36.3 cm³/mol. The fourth-order valence-corrected chi connectivity index (χ4v) is 2.75. The molecule has 0 amide bonds. The molecule has 1 unspecified atom stereocenters.